The highest BCUT2D eigenvalue weighted by Gasteiger charge is 2.24. The van der Waals surface area contributed by atoms with E-state index in [1.54, 1.807) is 11.0 Å². The summed E-state index contributed by atoms with van der Waals surface area (Å²) < 4.78 is 13.7. The summed E-state index contributed by atoms with van der Waals surface area (Å²) in [6.45, 7) is 4.32. The lowest BCUT2D eigenvalue weighted by atomic mass is 10.1. The molecule has 0 fully saturated rings. The summed E-state index contributed by atoms with van der Waals surface area (Å²) in [5.41, 5.74) is 1.63. The molecule has 0 unspecified atom stereocenters. The molecule has 0 heterocycles. The monoisotopic (exact) mass is 274 g/mol. The molecule has 5 heteroatoms. The molecule has 0 N–H and O–H groups in total. The second-order valence-corrected chi connectivity index (χ2v) is 4.45. The van der Waals surface area contributed by atoms with Gasteiger partial charge in [0.2, 0.25) is 5.82 Å². The number of nitro groups is 1. The van der Waals surface area contributed by atoms with Crippen molar-refractivity contribution in [2.24, 2.45) is 0 Å². The van der Waals surface area contributed by atoms with Gasteiger partial charge in [0.15, 0.2) is 0 Å². The third-order valence-corrected chi connectivity index (χ3v) is 3.07. The highest BCUT2D eigenvalue weighted by atomic mass is 19.1. The Kier molecular flexibility index (Phi) is 3.98. The van der Waals surface area contributed by atoms with Crippen molar-refractivity contribution in [3.8, 4) is 0 Å². The zero-order valence-electron chi connectivity index (χ0n) is 11.3. The Morgan fingerprint density at radius 1 is 1.25 bits per heavy atom. The Hall–Kier alpha value is -2.43. The van der Waals surface area contributed by atoms with Crippen LogP contribution in [-0.4, -0.2) is 11.5 Å². The summed E-state index contributed by atoms with van der Waals surface area (Å²) in [6, 6.07) is 11.7. The maximum atomic E-state index is 13.7. The lowest BCUT2D eigenvalue weighted by molar-refractivity contribution is -0.386. The largest absolute Gasteiger partial charge is 0.336 e. The number of hydrogen-bond donors (Lipinski definition) is 0. The van der Waals surface area contributed by atoms with Gasteiger partial charge < -0.3 is 4.90 Å². The van der Waals surface area contributed by atoms with Crippen LogP contribution in [0.1, 0.15) is 12.5 Å². The highest BCUT2D eigenvalue weighted by Crippen LogP contribution is 2.35. The van der Waals surface area contributed by atoms with Crippen molar-refractivity contribution in [1.82, 2.24) is 0 Å². The van der Waals surface area contributed by atoms with Crippen molar-refractivity contribution in [3.05, 3.63) is 64.0 Å². The predicted molar refractivity (Wildman–Crippen MR) is 76.9 cm³/mol. The molecule has 0 saturated heterocycles. The molecule has 0 amide bonds. The number of rotatable bonds is 4. The minimum Gasteiger partial charge on any atom is -0.336 e. The summed E-state index contributed by atoms with van der Waals surface area (Å²) in [7, 11) is 0. The van der Waals surface area contributed by atoms with E-state index < -0.39 is 16.4 Å². The summed E-state index contributed by atoms with van der Waals surface area (Å²) in [6.07, 6.45) is 0. The molecule has 104 valence electrons. The van der Waals surface area contributed by atoms with Crippen LogP contribution in [-0.2, 0) is 0 Å². The van der Waals surface area contributed by atoms with Gasteiger partial charge in [-0.1, -0.05) is 18.2 Å². The van der Waals surface area contributed by atoms with Crippen LogP contribution in [0.3, 0.4) is 0 Å². The zero-order valence-corrected chi connectivity index (χ0v) is 11.3. The maximum absolute atomic E-state index is 13.7. The topological polar surface area (TPSA) is 46.4 Å². The fourth-order valence-corrected chi connectivity index (χ4v) is 2.19. The quantitative estimate of drug-likeness (QED) is 0.620. The van der Waals surface area contributed by atoms with E-state index in [9.17, 15) is 14.5 Å². The summed E-state index contributed by atoms with van der Waals surface area (Å²) in [5, 5.41) is 11.1. The normalized spacial score (nSPS) is 10.3. The van der Waals surface area contributed by atoms with Crippen LogP contribution >= 0.6 is 0 Å². The van der Waals surface area contributed by atoms with E-state index in [1.807, 2.05) is 38.1 Å². The van der Waals surface area contributed by atoms with Gasteiger partial charge in [-0.25, -0.2) is 0 Å². The van der Waals surface area contributed by atoms with Crippen molar-refractivity contribution >= 4 is 17.1 Å². The molecule has 0 saturated carbocycles. The number of anilines is 2. The van der Waals surface area contributed by atoms with Crippen LogP contribution < -0.4 is 4.90 Å². The first kappa shape index (κ1) is 14.0. The number of hydrogen-bond acceptors (Lipinski definition) is 3. The molecule has 2 aromatic carbocycles. The van der Waals surface area contributed by atoms with E-state index >= 15 is 0 Å². The maximum Gasteiger partial charge on any atom is 0.328 e. The predicted octanol–water partition coefficient (Wildman–Crippen LogP) is 4.20. The number of nitro benzene ring substituents is 1. The molecule has 4 nitrogen and oxygen atoms in total. The van der Waals surface area contributed by atoms with E-state index in [-0.39, 0.29) is 5.69 Å². The van der Waals surface area contributed by atoms with E-state index in [2.05, 4.69) is 0 Å². The Balaban J connectivity index is 2.58. The van der Waals surface area contributed by atoms with Gasteiger partial charge in [-0.2, -0.15) is 4.39 Å². The molecule has 20 heavy (non-hydrogen) atoms. The number of aryl methyl sites for hydroxylation is 1. The van der Waals surface area contributed by atoms with Gasteiger partial charge >= 0.3 is 5.69 Å². The van der Waals surface area contributed by atoms with Gasteiger partial charge in [-0.15, -0.1) is 0 Å². The molecular weight excluding hydrogens is 259 g/mol. The van der Waals surface area contributed by atoms with E-state index in [0.29, 0.717) is 6.54 Å². The van der Waals surface area contributed by atoms with Crippen LogP contribution in [0.25, 0.3) is 0 Å². The Labute approximate surface area is 116 Å². The number of nitrogens with zero attached hydrogens (tertiary/aromatic N) is 2. The third-order valence-electron chi connectivity index (χ3n) is 3.07. The van der Waals surface area contributed by atoms with Crippen molar-refractivity contribution in [2.45, 2.75) is 13.8 Å². The lowest BCUT2D eigenvalue weighted by Gasteiger charge is -2.23. The molecule has 0 aliphatic rings. The van der Waals surface area contributed by atoms with Crippen LogP contribution in [0, 0.1) is 22.9 Å². The van der Waals surface area contributed by atoms with Crippen molar-refractivity contribution in [3.63, 3.8) is 0 Å². The van der Waals surface area contributed by atoms with Gasteiger partial charge in [-0.3, -0.25) is 10.1 Å². The van der Waals surface area contributed by atoms with E-state index in [4.69, 9.17) is 0 Å². The standard InChI is InChI=1S/C15H15FN2O2/c1-3-17(12-7-4-6-11(2)10-12)14-9-5-8-13(16)15(14)18(19)20/h4-10H,3H2,1-2H3. The zero-order chi connectivity index (χ0) is 14.7. The molecule has 0 radical (unpaired) electrons. The molecule has 0 aliphatic carbocycles. The lowest BCUT2D eigenvalue weighted by Crippen LogP contribution is -2.18. The molecular formula is C15H15FN2O2. The smallest absolute Gasteiger partial charge is 0.328 e. The Bertz CT molecular complexity index is 644. The van der Waals surface area contributed by atoms with Crippen molar-refractivity contribution in [2.75, 3.05) is 11.4 Å². The SMILES string of the molecule is CCN(c1cccc(C)c1)c1cccc(F)c1[N+](=O)[O-]. The van der Waals surface area contributed by atoms with Gasteiger partial charge in [0.1, 0.15) is 5.69 Å². The van der Waals surface area contributed by atoms with Crippen molar-refractivity contribution in [1.29, 1.82) is 0 Å². The molecule has 0 spiro atoms. The van der Waals surface area contributed by atoms with Gasteiger partial charge in [0, 0.05) is 12.2 Å². The second-order valence-electron chi connectivity index (χ2n) is 4.45. The fraction of sp³-hybridized carbons (Fsp3) is 0.200. The number of benzene rings is 2. The average Bonchev–Trinajstić information content (AvgIpc) is 2.39. The minimum atomic E-state index is -0.821. The first-order chi connectivity index (χ1) is 9.54. The molecule has 0 aliphatic heterocycles. The second kappa shape index (κ2) is 5.69. The van der Waals surface area contributed by atoms with Crippen molar-refractivity contribution < 1.29 is 9.31 Å². The molecule has 0 atom stereocenters. The molecule has 0 bridgehead atoms. The molecule has 2 rings (SSSR count). The van der Waals surface area contributed by atoms with Crippen LogP contribution in [0.2, 0.25) is 0 Å². The number of halogens is 1. The van der Waals surface area contributed by atoms with E-state index in [1.165, 1.54) is 6.07 Å². The Morgan fingerprint density at radius 2 is 1.95 bits per heavy atom. The highest BCUT2D eigenvalue weighted by molar-refractivity contribution is 5.72. The minimum absolute atomic E-state index is 0.267. The van der Waals surface area contributed by atoms with Crippen LogP contribution in [0.4, 0.5) is 21.5 Å². The molecule has 0 aromatic heterocycles. The summed E-state index contributed by atoms with van der Waals surface area (Å²) >= 11 is 0. The first-order valence-corrected chi connectivity index (χ1v) is 6.31. The van der Waals surface area contributed by atoms with Gasteiger partial charge in [-0.05, 0) is 43.7 Å². The van der Waals surface area contributed by atoms with Crippen LogP contribution in [0.5, 0.6) is 0 Å². The van der Waals surface area contributed by atoms with Gasteiger partial charge in [0.25, 0.3) is 0 Å². The number of para-hydroxylation sites is 1. The van der Waals surface area contributed by atoms with E-state index in [0.717, 1.165) is 17.3 Å². The summed E-state index contributed by atoms with van der Waals surface area (Å²) in [5.74, 6) is -0.821. The first-order valence-electron chi connectivity index (χ1n) is 6.31. The fourth-order valence-electron chi connectivity index (χ4n) is 2.19. The Morgan fingerprint density at radius 3 is 2.55 bits per heavy atom. The van der Waals surface area contributed by atoms with Crippen LogP contribution in [0.15, 0.2) is 42.5 Å². The third kappa shape index (κ3) is 2.61. The van der Waals surface area contributed by atoms with Gasteiger partial charge in [0.05, 0.1) is 4.92 Å². The summed E-state index contributed by atoms with van der Waals surface area (Å²) in [4.78, 5) is 12.2. The average molecular weight is 274 g/mol. The molecule has 2 aromatic rings.